The lowest BCUT2D eigenvalue weighted by Crippen LogP contribution is -2.30. The third kappa shape index (κ3) is 4.90. The smallest absolute Gasteiger partial charge is 0.276 e. The molecule has 1 fully saturated rings. The van der Waals surface area contributed by atoms with Crippen LogP contribution in [0.4, 0.5) is 0 Å². The summed E-state index contributed by atoms with van der Waals surface area (Å²) < 4.78 is 12.8. The van der Waals surface area contributed by atoms with Crippen molar-refractivity contribution in [2.45, 2.75) is 20.5 Å². The van der Waals surface area contributed by atoms with Gasteiger partial charge in [-0.2, -0.15) is 0 Å². The quantitative estimate of drug-likeness (QED) is 0.262. The first-order valence-electron chi connectivity index (χ1n) is 9.50. The van der Waals surface area contributed by atoms with Gasteiger partial charge >= 0.3 is 0 Å². The second kappa shape index (κ2) is 9.98. The van der Waals surface area contributed by atoms with Crippen molar-refractivity contribution in [3.05, 3.63) is 61.8 Å². The molecule has 1 saturated heterocycles. The number of amides is 1. The van der Waals surface area contributed by atoms with Crippen LogP contribution in [0.5, 0.6) is 11.5 Å². The first-order valence-corrected chi connectivity index (χ1v) is 11.4. The average Bonchev–Trinajstić information content (AvgIpc) is 2.91. The predicted octanol–water partition coefficient (Wildman–Crippen LogP) is 5.34. The van der Waals surface area contributed by atoms with Gasteiger partial charge in [0.2, 0.25) is 0 Å². The Kier molecular flexibility index (Phi) is 7.60. The van der Waals surface area contributed by atoms with Gasteiger partial charge in [-0.05, 0) is 90.1 Å². The highest BCUT2D eigenvalue weighted by Crippen LogP contribution is 2.36. The Morgan fingerprint density at radius 3 is 2.47 bits per heavy atom. The Morgan fingerprint density at radius 1 is 1.17 bits per heavy atom. The van der Waals surface area contributed by atoms with Crippen LogP contribution in [0.2, 0.25) is 5.02 Å². The molecule has 0 N–H and O–H groups in total. The number of hydrogen-bond acceptors (Lipinski definition) is 4. The SMILES string of the molecule is CCOc1cc(/C=C2/C(=O)N(CC)C(=S)N2C)cc(I)c1OCc1ccc(Cl)cc1. The summed E-state index contributed by atoms with van der Waals surface area (Å²) in [7, 11) is 1.81. The van der Waals surface area contributed by atoms with Crippen molar-refractivity contribution in [3.8, 4) is 11.5 Å². The molecular formula is C22H22ClIN2O3S. The fourth-order valence-corrected chi connectivity index (χ4v) is 4.28. The summed E-state index contributed by atoms with van der Waals surface area (Å²) in [6.45, 7) is 5.27. The zero-order valence-corrected chi connectivity index (χ0v) is 20.7. The highest BCUT2D eigenvalue weighted by Gasteiger charge is 2.34. The molecule has 8 heteroatoms. The molecular weight excluding hydrogens is 535 g/mol. The summed E-state index contributed by atoms with van der Waals surface area (Å²) in [5.41, 5.74) is 2.39. The largest absolute Gasteiger partial charge is 0.490 e. The molecule has 0 unspecified atom stereocenters. The maximum absolute atomic E-state index is 12.7. The maximum atomic E-state index is 12.7. The molecule has 1 aliphatic rings. The van der Waals surface area contributed by atoms with E-state index >= 15 is 0 Å². The van der Waals surface area contributed by atoms with Crippen molar-refractivity contribution in [1.82, 2.24) is 9.80 Å². The van der Waals surface area contributed by atoms with Crippen LogP contribution in [-0.4, -0.2) is 41.0 Å². The van der Waals surface area contributed by atoms with E-state index in [0.29, 0.717) is 47.1 Å². The number of nitrogens with zero attached hydrogens (tertiary/aromatic N) is 2. The molecule has 1 amide bonds. The lowest BCUT2D eigenvalue weighted by atomic mass is 10.1. The first-order chi connectivity index (χ1) is 14.3. The number of carbonyl (C=O) groups excluding carboxylic acids is 1. The van der Waals surface area contributed by atoms with Gasteiger partial charge in [-0.1, -0.05) is 23.7 Å². The normalized spacial score (nSPS) is 15.3. The Bertz CT molecular complexity index is 995. The van der Waals surface area contributed by atoms with E-state index < -0.39 is 0 Å². The van der Waals surface area contributed by atoms with Gasteiger partial charge in [0.1, 0.15) is 12.3 Å². The van der Waals surface area contributed by atoms with Crippen molar-refractivity contribution >= 4 is 63.5 Å². The molecule has 5 nitrogen and oxygen atoms in total. The van der Waals surface area contributed by atoms with Crippen molar-refractivity contribution in [3.63, 3.8) is 0 Å². The zero-order chi connectivity index (χ0) is 21.8. The van der Waals surface area contributed by atoms with E-state index in [1.54, 1.807) is 16.8 Å². The van der Waals surface area contributed by atoms with Gasteiger partial charge in [-0.3, -0.25) is 9.69 Å². The third-order valence-corrected chi connectivity index (χ3v) is 6.14. The average molecular weight is 557 g/mol. The first kappa shape index (κ1) is 22.8. The molecule has 3 rings (SSSR count). The van der Waals surface area contributed by atoms with Gasteiger partial charge < -0.3 is 14.4 Å². The molecule has 30 heavy (non-hydrogen) atoms. The lowest BCUT2D eigenvalue weighted by Gasteiger charge is -2.16. The molecule has 0 atom stereocenters. The van der Waals surface area contributed by atoms with Crippen LogP contribution < -0.4 is 9.47 Å². The number of hydrogen-bond donors (Lipinski definition) is 0. The Morgan fingerprint density at radius 2 is 1.87 bits per heavy atom. The van der Waals surface area contributed by atoms with E-state index in [9.17, 15) is 4.79 Å². The van der Waals surface area contributed by atoms with Crippen LogP contribution in [0.1, 0.15) is 25.0 Å². The van der Waals surface area contributed by atoms with Gasteiger partial charge in [0.05, 0.1) is 10.2 Å². The summed E-state index contributed by atoms with van der Waals surface area (Å²) in [6, 6.07) is 11.4. The van der Waals surface area contributed by atoms with Crippen LogP contribution in [0.25, 0.3) is 6.08 Å². The van der Waals surface area contributed by atoms with E-state index in [1.807, 2.05) is 56.3 Å². The predicted molar refractivity (Wildman–Crippen MR) is 132 cm³/mol. The number of carbonyl (C=O) groups is 1. The van der Waals surface area contributed by atoms with E-state index in [4.69, 9.17) is 33.3 Å². The van der Waals surface area contributed by atoms with Gasteiger partial charge in [0, 0.05) is 18.6 Å². The van der Waals surface area contributed by atoms with Gasteiger partial charge in [0.25, 0.3) is 5.91 Å². The van der Waals surface area contributed by atoms with Crippen molar-refractivity contribution < 1.29 is 14.3 Å². The standard InChI is InChI=1S/C22H22ClIN2O3S/c1-4-26-21(27)18(25(3)22(26)30)11-15-10-17(24)20(19(12-15)28-5-2)29-13-14-6-8-16(23)9-7-14/h6-12H,4-5,13H2,1-3H3/b18-11-. The van der Waals surface area contributed by atoms with E-state index in [1.165, 1.54) is 0 Å². The summed E-state index contributed by atoms with van der Waals surface area (Å²) >= 11 is 13.5. The number of thiocarbonyl (C=S) groups is 1. The summed E-state index contributed by atoms with van der Waals surface area (Å²) in [5, 5.41) is 1.20. The molecule has 2 aromatic carbocycles. The highest BCUT2D eigenvalue weighted by atomic mass is 127. The minimum atomic E-state index is -0.0963. The molecule has 2 aromatic rings. The van der Waals surface area contributed by atoms with Crippen LogP contribution in [-0.2, 0) is 11.4 Å². The van der Waals surface area contributed by atoms with Crippen molar-refractivity contribution in [2.75, 3.05) is 20.2 Å². The molecule has 0 radical (unpaired) electrons. The fourth-order valence-electron chi connectivity index (χ4n) is 3.06. The summed E-state index contributed by atoms with van der Waals surface area (Å²) in [4.78, 5) is 16.0. The molecule has 0 aromatic heterocycles. The molecule has 158 valence electrons. The number of benzene rings is 2. The summed E-state index contributed by atoms with van der Waals surface area (Å²) in [6.07, 6.45) is 1.83. The molecule has 1 aliphatic heterocycles. The van der Waals surface area contributed by atoms with Crippen LogP contribution >= 0.6 is 46.4 Å². The summed E-state index contributed by atoms with van der Waals surface area (Å²) in [5.74, 6) is 1.21. The van der Waals surface area contributed by atoms with Gasteiger partial charge in [0.15, 0.2) is 16.6 Å². The topological polar surface area (TPSA) is 42.0 Å². The number of ether oxygens (including phenoxy) is 2. The molecule has 0 bridgehead atoms. The van der Waals surface area contributed by atoms with E-state index in [0.717, 1.165) is 14.7 Å². The van der Waals surface area contributed by atoms with Crippen molar-refractivity contribution in [2.24, 2.45) is 0 Å². The van der Waals surface area contributed by atoms with Crippen LogP contribution in [0.3, 0.4) is 0 Å². The minimum Gasteiger partial charge on any atom is -0.490 e. The maximum Gasteiger partial charge on any atom is 0.276 e. The second-order valence-electron chi connectivity index (χ2n) is 6.60. The molecule has 1 heterocycles. The Labute approximate surface area is 200 Å². The monoisotopic (exact) mass is 556 g/mol. The van der Waals surface area contributed by atoms with Gasteiger partial charge in [-0.15, -0.1) is 0 Å². The lowest BCUT2D eigenvalue weighted by molar-refractivity contribution is -0.122. The Balaban J connectivity index is 1.90. The second-order valence-corrected chi connectivity index (χ2v) is 8.56. The number of halogens is 2. The molecule has 0 spiro atoms. The van der Waals surface area contributed by atoms with Crippen LogP contribution in [0.15, 0.2) is 42.1 Å². The molecule has 0 aliphatic carbocycles. The molecule has 0 saturated carbocycles. The van der Waals surface area contributed by atoms with E-state index in [-0.39, 0.29) is 5.91 Å². The van der Waals surface area contributed by atoms with E-state index in [2.05, 4.69) is 22.6 Å². The number of rotatable bonds is 7. The zero-order valence-electron chi connectivity index (χ0n) is 16.9. The van der Waals surface area contributed by atoms with Gasteiger partial charge in [-0.25, -0.2) is 0 Å². The fraction of sp³-hybridized carbons (Fsp3) is 0.273. The van der Waals surface area contributed by atoms with Crippen LogP contribution in [0, 0.1) is 3.57 Å². The van der Waals surface area contributed by atoms with Crippen molar-refractivity contribution in [1.29, 1.82) is 0 Å². The minimum absolute atomic E-state index is 0.0963. The number of likely N-dealkylation sites (N-methyl/N-ethyl adjacent to an activating group) is 2. The Hall–Kier alpha value is -1.84. The highest BCUT2D eigenvalue weighted by molar-refractivity contribution is 14.1. The third-order valence-electron chi connectivity index (χ3n) is 4.59.